The van der Waals surface area contributed by atoms with Crippen molar-refractivity contribution < 1.29 is 4.79 Å². The van der Waals surface area contributed by atoms with E-state index in [1.807, 2.05) is 41.2 Å². The molecule has 1 heterocycles. The largest absolute Gasteiger partial charge is 0.334 e. The number of nitrogens with one attached hydrogen (secondary N) is 1. The van der Waals surface area contributed by atoms with Crippen LogP contribution in [-0.2, 0) is 19.6 Å². The molecule has 0 aliphatic heterocycles. The summed E-state index contributed by atoms with van der Waals surface area (Å²) in [5.74, 6) is 0. The first-order chi connectivity index (χ1) is 13.1. The lowest BCUT2D eigenvalue weighted by atomic mass is 10.1. The Morgan fingerprint density at radius 3 is 2.70 bits per heavy atom. The van der Waals surface area contributed by atoms with Crippen LogP contribution in [0.15, 0.2) is 67.0 Å². The summed E-state index contributed by atoms with van der Waals surface area (Å²) in [7, 11) is 1.73. The van der Waals surface area contributed by atoms with Crippen molar-refractivity contribution in [2.75, 3.05) is 7.05 Å². The molecule has 0 radical (unpaired) electrons. The van der Waals surface area contributed by atoms with Crippen LogP contribution in [0.5, 0.6) is 0 Å². The van der Waals surface area contributed by atoms with Crippen molar-refractivity contribution in [3.63, 3.8) is 0 Å². The van der Waals surface area contributed by atoms with Gasteiger partial charge < -0.3 is 10.2 Å². The van der Waals surface area contributed by atoms with Crippen LogP contribution in [0.3, 0.4) is 0 Å². The monoisotopic (exact) mass is 359 g/mol. The van der Waals surface area contributed by atoms with Crippen LogP contribution in [0, 0.1) is 11.3 Å². The van der Waals surface area contributed by atoms with E-state index < -0.39 is 0 Å². The Morgan fingerprint density at radius 1 is 1.15 bits per heavy atom. The summed E-state index contributed by atoms with van der Waals surface area (Å²) in [6.45, 7) is 1.55. The van der Waals surface area contributed by atoms with Gasteiger partial charge in [0.15, 0.2) is 0 Å². The van der Waals surface area contributed by atoms with Gasteiger partial charge in [0.25, 0.3) is 0 Å². The molecule has 0 aliphatic rings. The third-order valence-corrected chi connectivity index (χ3v) is 4.14. The van der Waals surface area contributed by atoms with Gasteiger partial charge in [-0.1, -0.05) is 42.5 Å². The predicted molar refractivity (Wildman–Crippen MR) is 103 cm³/mol. The number of benzene rings is 2. The van der Waals surface area contributed by atoms with Crippen LogP contribution in [0.2, 0.25) is 0 Å². The summed E-state index contributed by atoms with van der Waals surface area (Å²) in [5, 5.41) is 16.2. The maximum Gasteiger partial charge on any atom is 0.317 e. The third-order valence-electron chi connectivity index (χ3n) is 4.14. The Bertz CT molecular complexity index is 942. The number of nitrogens with zero attached hydrogens (tertiary/aromatic N) is 4. The fourth-order valence-corrected chi connectivity index (χ4v) is 2.75. The van der Waals surface area contributed by atoms with E-state index in [-0.39, 0.29) is 6.03 Å². The minimum atomic E-state index is -0.173. The van der Waals surface area contributed by atoms with E-state index in [2.05, 4.69) is 28.6 Å². The highest BCUT2D eigenvalue weighted by Gasteiger charge is 2.10. The first-order valence-corrected chi connectivity index (χ1v) is 8.67. The average molecular weight is 359 g/mol. The van der Waals surface area contributed by atoms with E-state index in [1.54, 1.807) is 30.3 Å². The van der Waals surface area contributed by atoms with Crippen molar-refractivity contribution in [2.45, 2.75) is 19.6 Å². The van der Waals surface area contributed by atoms with Crippen molar-refractivity contribution in [1.82, 2.24) is 20.0 Å². The van der Waals surface area contributed by atoms with Gasteiger partial charge in [-0.15, -0.1) is 0 Å². The molecule has 0 unspecified atom stereocenters. The first-order valence-electron chi connectivity index (χ1n) is 8.67. The number of rotatable bonds is 6. The molecule has 6 nitrogen and oxygen atoms in total. The number of carbonyl (C=O) groups excluding carboxylic acids is 1. The molecule has 2 aromatic carbocycles. The summed E-state index contributed by atoms with van der Waals surface area (Å²) in [6.07, 6.45) is 3.70. The third kappa shape index (κ3) is 5.19. The number of hydrogen-bond acceptors (Lipinski definition) is 3. The summed E-state index contributed by atoms with van der Waals surface area (Å²) in [5.41, 5.74) is 3.63. The van der Waals surface area contributed by atoms with Crippen LogP contribution in [0.4, 0.5) is 4.79 Å². The van der Waals surface area contributed by atoms with Gasteiger partial charge in [0.2, 0.25) is 0 Å². The maximum absolute atomic E-state index is 12.3. The minimum Gasteiger partial charge on any atom is -0.334 e. The van der Waals surface area contributed by atoms with E-state index in [1.165, 1.54) is 5.56 Å². The zero-order valence-corrected chi connectivity index (χ0v) is 15.2. The van der Waals surface area contributed by atoms with Gasteiger partial charge >= 0.3 is 6.03 Å². The Morgan fingerprint density at radius 2 is 1.93 bits per heavy atom. The standard InChI is InChI=1S/C21H21N5O/c1-25(14-19-9-5-8-18(10-19)11-22)21(27)23-12-20-13-24-26(16-20)15-17-6-3-2-4-7-17/h2-10,13,16H,12,14-15H2,1H3,(H,23,27). The second kappa shape index (κ2) is 8.68. The highest BCUT2D eigenvalue weighted by Crippen LogP contribution is 2.08. The van der Waals surface area contributed by atoms with Gasteiger partial charge in [-0.3, -0.25) is 4.68 Å². The molecule has 3 rings (SSSR count). The summed E-state index contributed by atoms with van der Waals surface area (Å²) in [6, 6.07) is 19.3. The van der Waals surface area contributed by atoms with E-state index in [0.29, 0.717) is 25.2 Å². The second-order valence-electron chi connectivity index (χ2n) is 6.36. The average Bonchev–Trinajstić information content (AvgIpc) is 3.14. The molecule has 136 valence electrons. The lowest BCUT2D eigenvalue weighted by Gasteiger charge is -2.18. The predicted octanol–water partition coefficient (Wildman–Crippen LogP) is 3.14. The van der Waals surface area contributed by atoms with Crippen molar-refractivity contribution >= 4 is 6.03 Å². The number of nitriles is 1. The van der Waals surface area contributed by atoms with Crippen molar-refractivity contribution in [1.29, 1.82) is 5.26 Å². The summed E-state index contributed by atoms with van der Waals surface area (Å²) >= 11 is 0. The van der Waals surface area contributed by atoms with Crippen molar-refractivity contribution in [3.05, 3.63) is 89.2 Å². The number of aromatic nitrogens is 2. The summed E-state index contributed by atoms with van der Waals surface area (Å²) in [4.78, 5) is 13.9. The molecule has 1 aromatic heterocycles. The second-order valence-corrected chi connectivity index (χ2v) is 6.36. The zero-order chi connectivity index (χ0) is 19.1. The molecule has 27 heavy (non-hydrogen) atoms. The fourth-order valence-electron chi connectivity index (χ4n) is 2.75. The number of hydrogen-bond donors (Lipinski definition) is 1. The van der Waals surface area contributed by atoms with Crippen molar-refractivity contribution in [2.24, 2.45) is 0 Å². The quantitative estimate of drug-likeness (QED) is 0.735. The molecule has 3 aromatic rings. The molecule has 0 aliphatic carbocycles. The molecule has 0 saturated carbocycles. The molecular formula is C21H21N5O. The molecule has 0 fully saturated rings. The first kappa shape index (κ1) is 18.2. The molecule has 0 atom stereocenters. The maximum atomic E-state index is 12.3. The molecule has 1 N–H and O–H groups in total. The summed E-state index contributed by atoms with van der Waals surface area (Å²) < 4.78 is 1.86. The SMILES string of the molecule is CN(Cc1cccc(C#N)c1)C(=O)NCc1cnn(Cc2ccccc2)c1. The van der Waals surface area contributed by atoms with Gasteiger partial charge in [0, 0.05) is 31.9 Å². The number of urea groups is 1. The van der Waals surface area contributed by atoms with Gasteiger partial charge in [0.05, 0.1) is 24.4 Å². The van der Waals surface area contributed by atoms with Crippen LogP contribution < -0.4 is 5.32 Å². The van der Waals surface area contributed by atoms with E-state index in [0.717, 1.165) is 11.1 Å². The lowest BCUT2D eigenvalue weighted by molar-refractivity contribution is 0.206. The number of carbonyl (C=O) groups is 1. The van der Waals surface area contributed by atoms with Crippen LogP contribution in [0.25, 0.3) is 0 Å². The molecule has 0 bridgehead atoms. The molecule has 0 saturated heterocycles. The van der Waals surface area contributed by atoms with Crippen molar-refractivity contribution in [3.8, 4) is 6.07 Å². The van der Waals surface area contributed by atoms with Crippen LogP contribution in [-0.4, -0.2) is 27.8 Å². The fraction of sp³-hybridized carbons (Fsp3) is 0.190. The van der Waals surface area contributed by atoms with Gasteiger partial charge in [-0.25, -0.2) is 4.79 Å². The van der Waals surface area contributed by atoms with Gasteiger partial charge in [-0.05, 0) is 23.3 Å². The lowest BCUT2D eigenvalue weighted by Crippen LogP contribution is -2.36. The molecule has 6 heteroatoms. The van der Waals surface area contributed by atoms with E-state index in [4.69, 9.17) is 5.26 Å². The Kier molecular flexibility index (Phi) is 5.85. The van der Waals surface area contributed by atoms with Gasteiger partial charge in [-0.2, -0.15) is 10.4 Å². The van der Waals surface area contributed by atoms with Crippen LogP contribution in [0.1, 0.15) is 22.3 Å². The Labute approximate surface area is 158 Å². The minimum absolute atomic E-state index is 0.173. The Hall–Kier alpha value is -3.59. The normalized spacial score (nSPS) is 10.2. The molecule has 2 amide bonds. The molecular weight excluding hydrogens is 338 g/mol. The van der Waals surface area contributed by atoms with E-state index >= 15 is 0 Å². The molecule has 0 spiro atoms. The highest BCUT2D eigenvalue weighted by atomic mass is 16.2. The number of amides is 2. The Balaban J connectivity index is 1.50. The topological polar surface area (TPSA) is 74.0 Å². The smallest absolute Gasteiger partial charge is 0.317 e. The van der Waals surface area contributed by atoms with Crippen LogP contribution >= 0.6 is 0 Å². The van der Waals surface area contributed by atoms with E-state index in [9.17, 15) is 4.79 Å². The zero-order valence-electron chi connectivity index (χ0n) is 15.2. The van der Waals surface area contributed by atoms with Gasteiger partial charge in [0.1, 0.15) is 0 Å². The highest BCUT2D eigenvalue weighted by molar-refractivity contribution is 5.73.